The van der Waals surface area contributed by atoms with Gasteiger partial charge in [-0.3, -0.25) is 9.78 Å². The first-order valence-electron chi connectivity index (χ1n) is 5.19. The van der Waals surface area contributed by atoms with Crippen molar-refractivity contribution < 1.29 is 14.3 Å². The van der Waals surface area contributed by atoms with E-state index in [1.807, 2.05) is 0 Å². The third kappa shape index (κ3) is 2.65. The molecule has 2 rings (SSSR count). The lowest BCUT2D eigenvalue weighted by atomic mass is 10.0. The van der Waals surface area contributed by atoms with Gasteiger partial charge in [0, 0.05) is 11.8 Å². The van der Waals surface area contributed by atoms with E-state index in [9.17, 15) is 9.18 Å². The van der Waals surface area contributed by atoms with Gasteiger partial charge < -0.3 is 5.11 Å². The van der Waals surface area contributed by atoms with Crippen LogP contribution in [0.3, 0.4) is 0 Å². The molecule has 0 fully saturated rings. The van der Waals surface area contributed by atoms with Gasteiger partial charge in [-0.2, -0.15) is 0 Å². The van der Waals surface area contributed by atoms with E-state index in [4.69, 9.17) is 16.7 Å². The molecule has 0 amide bonds. The van der Waals surface area contributed by atoms with Crippen molar-refractivity contribution in [2.75, 3.05) is 0 Å². The summed E-state index contributed by atoms with van der Waals surface area (Å²) in [5.74, 6) is -1.46. The predicted octanol–water partition coefficient (Wildman–Crippen LogP) is 3.17. The number of aromatic nitrogens is 1. The van der Waals surface area contributed by atoms with Crippen molar-refractivity contribution in [3.05, 3.63) is 52.9 Å². The molecule has 1 aromatic carbocycles. The topological polar surface area (TPSA) is 50.2 Å². The number of benzene rings is 1. The van der Waals surface area contributed by atoms with Gasteiger partial charge in [-0.1, -0.05) is 23.7 Å². The molecule has 0 aliphatic heterocycles. The highest BCUT2D eigenvalue weighted by molar-refractivity contribution is 6.30. The first kappa shape index (κ1) is 12.5. The zero-order valence-electron chi connectivity index (χ0n) is 9.23. The molecule has 1 aromatic heterocycles. The Labute approximate surface area is 108 Å². The summed E-state index contributed by atoms with van der Waals surface area (Å²) in [6, 6.07) is 7.57. The lowest BCUT2D eigenvalue weighted by Crippen LogP contribution is -2.03. The minimum absolute atomic E-state index is 0.253. The van der Waals surface area contributed by atoms with E-state index in [1.54, 1.807) is 18.2 Å². The number of pyridine rings is 1. The van der Waals surface area contributed by atoms with Crippen LogP contribution in [0.25, 0.3) is 11.3 Å². The summed E-state index contributed by atoms with van der Waals surface area (Å²) in [6.45, 7) is 0. The fourth-order valence-electron chi connectivity index (χ4n) is 1.67. The normalized spacial score (nSPS) is 10.3. The second kappa shape index (κ2) is 5.14. The minimum atomic E-state index is -1.02. The van der Waals surface area contributed by atoms with Crippen molar-refractivity contribution >= 4 is 17.6 Å². The highest BCUT2D eigenvalue weighted by Gasteiger charge is 2.13. The summed E-state index contributed by atoms with van der Waals surface area (Å²) in [5.41, 5.74) is 0.963. The Morgan fingerprint density at radius 2 is 2.11 bits per heavy atom. The van der Waals surface area contributed by atoms with Gasteiger partial charge in [0.05, 0.1) is 17.1 Å². The standard InChI is InChI=1S/C13H9ClFNO2/c14-9-5-8(6-12(17)18)13(16-7-9)10-3-1-2-4-11(10)15/h1-5,7H,6H2,(H,17,18). The van der Waals surface area contributed by atoms with Crippen molar-refractivity contribution in [1.82, 2.24) is 4.98 Å². The highest BCUT2D eigenvalue weighted by atomic mass is 35.5. The molecule has 0 unspecified atom stereocenters. The van der Waals surface area contributed by atoms with Gasteiger partial charge in [0.2, 0.25) is 0 Å². The van der Waals surface area contributed by atoms with Crippen molar-refractivity contribution in [3.63, 3.8) is 0 Å². The molecule has 0 aliphatic carbocycles. The maximum absolute atomic E-state index is 13.7. The second-order valence-corrected chi connectivity index (χ2v) is 4.15. The maximum Gasteiger partial charge on any atom is 0.307 e. The van der Waals surface area contributed by atoms with Crippen LogP contribution in [0.4, 0.5) is 4.39 Å². The minimum Gasteiger partial charge on any atom is -0.481 e. The fourth-order valence-corrected chi connectivity index (χ4v) is 1.86. The van der Waals surface area contributed by atoms with Gasteiger partial charge in [0.25, 0.3) is 0 Å². The summed E-state index contributed by atoms with van der Waals surface area (Å²) in [6.07, 6.45) is 1.12. The van der Waals surface area contributed by atoms with Crippen LogP contribution in [0.5, 0.6) is 0 Å². The Bertz CT molecular complexity index is 601. The molecule has 3 nitrogen and oxygen atoms in total. The SMILES string of the molecule is O=C(O)Cc1cc(Cl)cnc1-c1ccccc1F. The lowest BCUT2D eigenvalue weighted by molar-refractivity contribution is -0.136. The third-order valence-corrected chi connectivity index (χ3v) is 2.61. The molecule has 0 saturated heterocycles. The molecule has 0 radical (unpaired) electrons. The smallest absolute Gasteiger partial charge is 0.307 e. The maximum atomic E-state index is 13.7. The summed E-state index contributed by atoms with van der Waals surface area (Å²) < 4.78 is 13.7. The summed E-state index contributed by atoms with van der Waals surface area (Å²) >= 11 is 5.78. The average Bonchev–Trinajstić information content (AvgIpc) is 2.30. The number of rotatable bonds is 3. The Morgan fingerprint density at radius 1 is 1.39 bits per heavy atom. The molecule has 18 heavy (non-hydrogen) atoms. The van der Waals surface area contributed by atoms with Crippen LogP contribution >= 0.6 is 11.6 Å². The van der Waals surface area contributed by atoms with Crippen LogP contribution in [0.15, 0.2) is 36.5 Å². The Hall–Kier alpha value is -1.94. The Kier molecular flexibility index (Phi) is 3.58. The molecular formula is C13H9ClFNO2. The number of carbonyl (C=O) groups is 1. The Balaban J connectivity index is 2.57. The largest absolute Gasteiger partial charge is 0.481 e. The molecule has 0 aliphatic rings. The summed E-state index contributed by atoms with van der Waals surface area (Å²) in [7, 11) is 0. The van der Waals surface area contributed by atoms with Crippen LogP contribution in [0.2, 0.25) is 5.02 Å². The van der Waals surface area contributed by atoms with E-state index < -0.39 is 11.8 Å². The number of aliphatic carboxylic acids is 1. The van der Waals surface area contributed by atoms with Crippen molar-refractivity contribution in [2.24, 2.45) is 0 Å². The number of carboxylic acid groups (broad SMARTS) is 1. The molecule has 0 atom stereocenters. The highest BCUT2D eigenvalue weighted by Crippen LogP contribution is 2.26. The van der Waals surface area contributed by atoms with E-state index >= 15 is 0 Å². The molecule has 0 saturated carbocycles. The van der Waals surface area contributed by atoms with Crippen molar-refractivity contribution in [2.45, 2.75) is 6.42 Å². The second-order valence-electron chi connectivity index (χ2n) is 3.71. The molecule has 1 N–H and O–H groups in total. The number of hydrogen-bond acceptors (Lipinski definition) is 2. The number of carboxylic acids is 1. The summed E-state index contributed by atoms with van der Waals surface area (Å²) in [5, 5.41) is 9.16. The van der Waals surface area contributed by atoms with E-state index in [-0.39, 0.29) is 12.0 Å². The summed E-state index contributed by atoms with van der Waals surface area (Å²) in [4.78, 5) is 14.8. The zero-order chi connectivity index (χ0) is 13.1. The first-order valence-corrected chi connectivity index (χ1v) is 5.57. The van der Waals surface area contributed by atoms with Gasteiger partial charge >= 0.3 is 5.97 Å². The zero-order valence-corrected chi connectivity index (χ0v) is 9.99. The van der Waals surface area contributed by atoms with Crippen LogP contribution in [0.1, 0.15) is 5.56 Å². The lowest BCUT2D eigenvalue weighted by Gasteiger charge is -2.08. The third-order valence-electron chi connectivity index (χ3n) is 2.40. The van der Waals surface area contributed by atoms with Gasteiger partial charge in [-0.15, -0.1) is 0 Å². The van der Waals surface area contributed by atoms with E-state index in [1.165, 1.54) is 18.3 Å². The molecule has 0 spiro atoms. The van der Waals surface area contributed by atoms with E-state index in [2.05, 4.69) is 4.98 Å². The monoisotopic (exact) mass is 265 g/mol. The van der Waals surface area contributed by atoms with Crippen molar-refractivity contribution in [1.29, 1.82) is 0 Å². The van der Waals surface area contributed by atoms with Gasteiger partial charge in [0.1, 0.15) is 5.82 Å². The molecule has 5 heteroatoms. The fraction of sp³-hybridized carbons (Fsp3) is 0.0769. The first-order chi connectivity index (χ1) is 8.58. The average molecular weight is 266 g/mol. The molecule has 2 aromatic rings. The quantitative estimate of drug-likeness (QED) is 0.927. The van der Waals surface area contributed by atoms with Crippen molar-refractivity contribution in [3.8, 4) is 11.3 Å². The van der Waals surface area contributed by atoms with Crippen LogP contribution in [0, 0.1) is 5.82 Å². The number of halogens is 2. The number of nitrogens with zero attached hydrogens (tertiary/aromatic N) is 1. The number of hydrogen-bond donors (Lipinski definition) is 1. The molecule has 0 bridgehead atoms. The van der Waals surface area contributed by atoms with Gasteiger partial charge in [0.15, 0.2) is 0 Å². The van der Waals surface area contributed by atoms with Crippen LogP contribution < -0.4 is 0 Å². The van der Waals surface area contributed by atoms with Crippen LogP contribution in [-0.4, -0.2) is 16.1 Å². The predicted molar refractivity (Wildman–Crippen MR) is 66.0 cm³/mol. The Morgan fingerprint density at radius 3 is 2.78 bits per heavy atom. The molecule has 92 valence electrons. The van der Waals surface area contributed by atoms with Gasteiger partial charge in [-0.25, -0.2) is 4.39 Å². The van der Waals surface area contributed by atoms with Gasteiger partial charge in [-0.05, 0) is 23.8 Å². The molecule has 1 heterocycles. The van der Waals surface area contributed by atoms with E-state index in [0.717, 1.165) is 0 Å². The van der Waals surface area contributed by atoms with Crippen LogP contribution in [-0.2, 0) is 11.2 Å². The molecular weight excluding hydrogens is 257 g/mol. The van der Waals surface area contributed by atoms with E-state index in [0.29, 0.717) is 16.3 Å².